The third kappa shape index (κ3) is 5.10. The fraction of sp³-hybridized carbons (Fsp3) is 0.241. The van der Waals surface area contributed by atoms with Gasteiger partial charge in [0.15, 0.2) is 23.0 Å². The van der Waals surface area contributed by atoms with Crippen molar-refractivity contribution in [2.24, 2.45) is 0 Å². The first kappa shape index (κ1) is 28.9. The number of likely N-dealkylation sites (tertiary alicyclic amines) is 1. The number of carbonyl (C=O) groups excluding carboxylic acids is 2. The van der Waals surface area contributed by atoms with Crippen LogP contribution >= 0.6 is 23.2 Å². The van der Waals surface area contributed by atoms with Gasteiger partial charge in [-0.05, 0) is 41.5 Å². The number of aliphatic hydroxyl groups excluding tert-OH is 1. The molecule has 1 heterocycles. The fourth-order valence-electron chi connectivity index (χ4n) is 4.67. The summed E-state index contributed by atoms with van der Waals surface area (Å²) in [7, 11) is 7.26. The molecule has 40 heavy (non-hydrogen) atoms. The van der Waals surface area contributed by atoms with Gasteiger partial charge in [-0.2, -0.15) is 0 Å². The van der Waals surface area contributed by atoms with Gasteiger partial charge in [-0.1, -0.05) is 41.4 Å². The van der Waals surface area contributed by atoms with E-state index in [-0.39, 0.29) is 39.2 Å². The molecule has 11 heteroatoms. The molecule has 9 nitrogen and oxygen atoms in total. The molecule has 1 aliphatic heterocycles. The maximum atomic E-state index is 13.6. The second kappa shape index (κ2) is 12.0. The lowest BCUT2D eigenvalue weighted by Crippen LogP contribution is -2.29. The summed E-state index contributed by atoms with van der Waals surface area (Å²) in [5.41, 5.74) is 1.05. The molecule has 0 aliphatic carbocycles. The largest absolute Gasteiger partial charge is 0.507 e. The highest BCUT2D eigenvalue weighted by molar-refractivity contribution is 6.47. The van der Waals surface area contributed by atoms with E-state index < -0.39 is 23.5 Å². The highest BCUT2D eigenvalue weighted by Crippen LogP contribution is 2.48. The van der Waals surface area contributed by atoms with Crippen LogP contribution in [0.1, 0.15) is 22.7 Å². The lowest BCUT2D eigenvalue weighted by atomic mass is 9.94. The number of ketones is 1. The van der Waals surface area contributed by atoms with Crippen LogP contribution in [0, 0.1) is 0 Å². The smallest absolute Gasteiger partial charge is 0.295 e. The quantitative estimate of drug-likeness (QED) is 0.194. The minimum Gasteiger partial charge on any atom is -0.507 e. The second-order valence-electron chi connectivity index (χ2n) is 8.68. The van der Waals surface area contributed by atoms with Gasteiger partial charge in [0.1, 0.15) is 16.5 Å². The number of aliphatic hydroxyl groups is 1. The Kier molecular flexibility index (Phi) is 8.66. The van der Waals surface area contributed by atoms with Gasteiger partial charge in [0, 0.05) is 6.54 Å². The number of methoxy groups -OCH3 is 5. The molecule has 1 saturated heterocycles. The topological polar surface area (TPSA) is 104 Å². The molecule has 1 unspecified atom stereocenters. The van der Waals surface area contributed by atoms with E-state index in [4.69, 9.17) is 46.9 Å². The third-order valence-electron chi connectivity index (χ3n) is 6.55. The maximum Gasteiger partial charge on any atom is 0.295 e. The summed E-state index contributed by atoms with van der Waals surface area (Å²) in [5.74, 6) is -0.581. The predicted octanol–water partition coefficient (Wildman–Crippen LogP) is 5.66. The van der Waals surface area contributed by atoms with Crippen LogP contribution in [0.2, 0.25) is 10.0 Å². The lowest BCUT2D eigenvalue weighted by Gasteiger charge is -2.26. The van der Waals surface area contributed by atoms with Gasteiger partial charge in [-0.25, -0.2) is 0 Å². The average Bonchev–Trinajstić information content (AvgIpc) is 3.21. The van der Waals surface area contributed by atoms with Crippen LogP contribution in [0.3, 0.4) is 0 Å². The molecule has 1 N–H and O–H groups in total. The van der Waals surface area contributed by atoms with Crippen molar-refractivity contribution in [3.63, 3.8) is 0 Å². The van der Waals surface area contributed by atoms with E-state index in [0.717, 1.165) is 0 Å². The average molecular weight is 588 g/mol. The van der Waals surface area contributed by atoms with Crippen molar-refractivity contribution < 1.29 is 38.4 Å². The molecule has 1 amide bonds. The highest BCUT2D eigenvalue weighted by Gasteiger charge is 2.46. The van der Waals surface area contributed by atoms with Crippen molar-refractivity contribution >= 4 is 40.7 Å². The number of halogens is 2. The zero-order valence-electron chi connectivity index (χ0n) is 22.4. The summed E-state index contributed by atoms with van der Waals surface area (Å²) in [4.78, 5) is 28.4. The van der Waals surface area contributed by atoms with Crippen molar-refractivity contribution in [3.8, 4) is 28.7 Å². The Morgan fingerprint density at radius 1 is 0.850 bits per heavy atom. The zero-order valence-corrected chi connectivity index (χ0v) is 23.9. The molecule has 210 valence electrons. The first-order valence-corrected chi connectivity index (χ1v) is 12.7. The number of Topliss-reactive ketones (excluding diaryl/α,β-unsaturated/α-hetero) is 1. The molecule has 3 aromatic carbocycles. The molecule has 0 bridgehead atoms. The van der Waals surface area contributed by atoms with Gasteiger partial charge >= 0.3 is 0 Å². The summed E-state index contributed by atoms with van der Waals surface area (Å²) in [5, 5.41) is 11.7. The van der Waals surface area contributed by atoms with Crippen molar-refractivity contribution in [1.82, 2.24) is 4.90 Å². The number of nitrogens with zero attached hydrogens (tertiary/aromatic N) is 1. The second-order valence-corrected chi connectivity index (χ2v) is 9.46. The van der Waals surface area contributed by atoms with Crippen LogP contribution in [0.5, 0.6) is 28.7 Å². The highest BCUT2D eigenvalue weighted by atomic mass is 35.5. The third-order valence-corrected chi connectivity index (χ3v) is 7.17. The van der Waals surface area contributed by atoms with E-state index in [2.05, 4.69) is 0 Å². The number of carbonyl (C=O) groups is 2. The number of hydrogen-bond donors (Lipinski definition) is 1. The molecule has 1 aliphatic rings. The summed E-state index contributed by atoms with van der Waals surface area (Å²) < 4.78 is 26.8. The molecule has 3 aromatic rings. The van der Waals surface area contributed by atoms with Crippen LogP contribution in [0.15, 0.2) is 54.1 Å². The number of rotatable bonds is 9. The molecule has 0 radical (unpaired) electrons. The lowest BCUT2D eigenvalue weighted by molar-refractivity contribution is -0.140. The van der Waals surface area contributed by atoms with Gasteiger partial charge in [-0.15, -0.1) is 0 Å². The van der Waals surface area contributed by atoms with E-state index in [0.29, 0.717) is 28.4 Å². The van der Waals surface area contributed by atoms with Crippen molar-refractivity contribution in [2.45, 2.75) is 12.6 Å². The Bertz CT molecular complexity index is 1500. The van der Waals surface area contributed by atoms with Crippen molar-refractivity contribution in [3.05, 3.63) is 80.8 Å². The summed E-state index contributed by atoms with van der Waals surface area (Å²) >= 11 is 12.8. The SMILES string of the molecule is COc1cccc(C2/C(=C(\O)c3cc(Cl)c(OC)c(Cl)c3OC)C(=O)C(=O)N2Cc2ccc(OC)c(OC)c2)c1. The van der Waals surface area contributed by atoms with E-state index in [1.165, 1.54) is 46.5 Å². The van der Waals surface area contributed by atoms with Crippen molar-refractivity contribution in [2.75, 3.05) is 35.5 Å². The van der Waals surface area contributed by atoms with Crippen molar-refractivity contribution in [1.29, 1.82) is 0 Å². The minimum absolute atomic E-state index is 0.00321. The van der Waals surface area contributed by atoms with E-state index in [9.17, 15) is 14.7 Å². The van der Waals surface area contributed by atoms with E-state index in [1.807, 2.05) is 0 Å². The molecule has 0 saturated carbocycles. The normalized spacial score (nSPS) is 16.2. The van der Waals surface area contributed by atoms with Gasteiger partial charge in [0.25, 0.3) is 11.7 Å². The predicted molar refractivity (Wildman–Crippen MR) is 150 cm³/mol. The molecule has 1 atom stereocenters. The van der Waals surface area contributed by atoms with Crippen LogP contribution in [-0.2, 0) is 16.1 Å². The summed E-state index contributed by atoms with van der Waals surface area (Å²) in [6, 6.07) is 12.4. The van der Waals surface area contributed by atoms with Gasteiger partial charge < -0.3 is 33.7 Å². The molecule has 0 spiro atoms. The number of ether oxygens (including phenoxy) is 5. The monoisotopic (exact) mass is 587 g/mol. The number of benzene rings is 3. The van der Waals surface area contributed by atoms with Crippen LogP contribution in [0.4, 0.5) is 0 Å². The minimum atomic E-state index is -0.993. The van der Waals surface area contributed by atoms with Crippen LogP contribution < -0.4 is 23.7 Å². The zero-order chi connectivity index (χ0) is 29.1. The van der Waals surface area contributed by atoms with Crippen LogP contribution in [0.25, 0.3) is 5.76 Å². The van der Waals surface area contributed by atoms with Gasteiger partial charge in [0.05, 0.1) is 57.8 Å². The van der Waals surface area contributed by atoms with E-state index in [1.54, 1.807) is 42.5 Å². The summed E-state index contributed by atoms with van der Waals surface area (Å²) in [6.45, 7) is 0.0187. The fourth-order valence-corrected chi connectivity index (χ4v) is 5.36. The van der Waals surface area contributed by atoms with E-state index >= 15 is 0 Å². The van der Waals surface area contributed by atoms with Gasteiger partial charge in [0.2, 0.25) is 0 Å². The molecular weight excluding hydrogens is 561 g/mol. The Morgan fingerprint density at radius 3 is 2.17 bits per heavy atom. The molecular formula is C29H27Cl2NO8. The maximum absolute atomic E-state index is 13.6. The summed E-state index contributed by atoms with van der Waals surface area (Å²) in [6.07, 6.45) is 0. The Hall–Kier alpha value is -4.08. The van der Waals surface area contributed by atoms with Crippen LogP contribution in [-0.4, -0.2) is 57.2 Å². The molecule has 0 aromatic heterocycles. The molecule has 4 rings (SSSR count). The first-order chi connectivity index (χ1) is 19.2. The first-order valence-electron chi connectivity index (χ1n) is 11.9. The molecule has 1 fully saturated rings. The standard InChI is InChI=1S/C29H27Cl2NO8/c1-36-17-8-6-7-16(12-17)24-22(25(33)18-13-19(30)28(40-5)23(31)27(18)39-4)26(34)29(35)32(24)14-15-9-10-20(37-2)21(11-15)38-3/h6-13,24,33H,14H2,1-5H3/b25-22+. The number of hydrogen-bond acceptors (Lipinski definition) is 8. The Morgan fingerprint density at radius 2 is 1.55 bits per heavy atom. The Labute approximate surface area is 241 Å². The Balaban J connectivity index is 1.94. The number of amides is 1. The van der Waals surface area contributed by atoms with Gasteiger partial charge in [-0.3, -0.25) is 9.59 Å².